The molecule has 0 heterocycles. The minimum absolute atomic E-state index is 0.0466. The molecule has 1 fully saturated rings. The minimum atomic E-state index is -0.751. The number of benzene rings is 1. The van der Waals surface area contributed by atoms with Gasteiger partial charge in [0.25, 0.3) is 0 Å². The van der Waals surface area contributed by atoms with Crippen LogP contribution >= 0.6 is 0 Å². The SMILES string of the molecule is C=CCC(C(=O)NC1CC[C@@H](O)[C@@H](O)C1)c1ccccc1. The number of hydrogen-bond donors (Lipinski definition) is 3. The number of aliphatic hydroxyl groups is 2. The van der Waals surface area contributed by atoms with Crippen molar-refractivity contribution < 1.29 is 15.0 Å². The molecule has 1 amide bonds. The van der Waals surface area contributed by atoms with E-state index in [1.807, 2.05) is 30.3 Å². The van der Waals surface area contributed by atoms with E-state index in [2.05, 4.69) is 11.9 Å². The normalized spacial score (nSPS) is 26.9. The molecule has 2 unspecified atom stereocenters. The first-order chi connectivity index (χ1) is 10.1. The quantitative estimate of drug-likeness (QED) is 0.723. The molecule has 1 aliphatic carbocycles. The topological polar surface area (TPSA) is 69.6 Å². The third kappa shape index (κ3) is 4.16. The molecule has 1 aliphatic rings. The van der Waals surface area contributed by atoms with Crippen LogP contribution in [0.3, 0.4) is 0 Å². The Labute approximate surface area is 125 Å². The number of rotatable bonds is 5. The molecule has 0 spiro atoms. The third-order valence-electron chi connectivity index (χ3n) is 4.05. The molecule has 4 atom stereocenters. The van der Waals surface area contributed by atoms with E-state index in [1.54, 1.807) is 6.08 Å². The van der Waals surface area contributed by atoms with Crippen molar-refractivity contribution in [3.8, 4) is 0 Å². The Kier molecular flexibility index (Phi) is 5.53. The van der Waals surface area contributed by atoms with Gasteiger partial charge in [0, 0.05) is 6.04 Å². The maximum Gasteiger partial charge on any atom is 0.228 e. The van der Waals surface area contributed by atoms with Gasteiger partial charge in [0.15, 0.2) is 0 Å². The lowest BCUT2D eigenvalue weighted by Gasteiger charge is -2.31. The van der Waals surface area contributed by atoms with Crippen LogP contribution < -0.4 is 5.32 Å². The highest BCUT2D eigenvalue weighted by Crippen LogP contribution is 2.23. The number of aliphatic hydroxyl groups excluding tert-OH is 2. The van der Waals surface area contributed by atoms with Crippen LogP contribution in [0, 0.1) is 0 Å². The van der Waals surface area contributed by atoms with E-state index in [9.17, 15) is 15.0 Å². The van der Waals surface area contributed by atoms with Gasteiger partial charge in [0.1, 0.15) is 0 Å². The van der Waals surface area contributed by atoms with Crippen molar-refractivity contribution in [2.75, 3.05) is 0 Å². The summed E-state index contributed by atoms with van der Waals surface area (Å²) in [7, 11) is 0. The van der Waals surface area contributed by atoms with Gasteiger partial charge < -0.3 is 15.5 Å². The van der Waals surface area contributed by atoms with Crippen molar-refractivity contribution in [1.29, 1.82) is 0 Å². The first kappa shape index (κ1) is 15.7. The van der Waals surface area contributed by atoms with Crippen LogP contribution in [0.5, 0.6) is 0 Å². The van der Waals surface area contributed by atoms with Gasteiger partial charge in [-0.2, -0.15) is 0 Å². The summed E-state index contributed by atoms with van der Waals surface area (Å²) in [5.41, 5.74) is 0.964. The molecule has 3 N–H and O–H groups in total. The molecule has 0 bridgehead atoms. The zero-order valence-electron chi connectivity index (χ0n) is 12.1. The molecular formula is C17H23NO3. The van der Waals surface area contributed by atoms with Crippen molar-refractivity contribution in [3.05, 3.63) is 48.6 Å². The second kappa shape index (κ2) is 7.38. The molecule has 0 radical (unpaired) electrons. The summed E-state index contributed by atoms with van der Waals surface area (Å²) in [6.45, 7) is 3.72. The summed E-state index contributed by atoms with van der Waals surface area (Å²) in [6.07, 6.45) is 2.52. The summed E-state index contributed by atoms with van der Waals surface area (Å²) < 4.78 is 0. The highest BCUT2D eigenvalue weighted by atomic mass is 16.3. The van der Waals surface area contributed by atoms with Crippen LogP contribution in [0.25, 0.3) is 0 Å². The van der Waals surface area contributed by atoms with Crippen LogP contribution in [0.2, 0.25) is 0 Å². The van der Waals surface area contributed by atoms with Gasteiger partial charge in [-0.05, 0) is 31.2 Å². The predicted octanol–water partition coefficient (Wildman–Crippen LogP) is 1.74. The Morgan fingerprint density at radius 3 is 2.62 bits per heavy atom. The molecule has 1 aromatic rings. The number of carbonyl (C=O) groups is 1. The summed E-state index contributed by atoms with van der Waals surface area (Å²) in [5, 5.41) is 22.2. The lowest BCUT2D eigenvalue weighted by molar-refractivity contribution is -0.124. The van der Waals surface area contributed by atoms with Crippen LogP contribution in [0.4, 0.5) is 0 Å². The van der Waals surface area contributed by atoms with E-state index >= 15 is 0 Å². The van der Waals surface area contributed by atoms with Crippen molar-refractivity contribution in [2.45, 2.75) is 49.9 Å². The second-order valence-electron chi connectivity index (χ2n) is 5.64. The molecule has 1 aromatic carbocycles. The number of allylic oxidation sites excluding steroid dienone is 1. The van der Waals surface area contributed by atoms with Crippen LogP contribution in [0.15, 0.2) is 43.0 Å². The predicted molar refractivity (Wildman–Crippen MR) is 81.8 cm³/mol. The summed E-state index contributed by atoms with van der Waals surface area (Å²) >= 11 is 0. The van der Waals surface area contributed by atoms with Gasteiger partial charge in [-0.3, -0.25) is 4.79 Å². The van der Waals surface area contributed by atoms with E-state index in [1.165, 1.54) is 0 Å². The van der Waals surface area contributed by atoms with E-state index < -0.39 is 12.2 Å². The Morgan fingerprint density at radius 1 is 1.29 bits per heavy atom. The van der Waals surface area contributed by atoms with E-state index in [-0.39, 0.29) is 17.9 Å². The van der Waals surface area contributed by atoms with Gasteiger partial charge >= 0.3 is 0 Å². The Hall–Kier alpha value is -1.65. The van der Waals surface area contributed by atoms with E-state index in [4.69, 9.17) is 0 Å². The van der Waals surface area contributed by atoms with Crippen molar-refractivity contribution in [3.63, 3.8) is 0 Å². The fourth-order valence-corrected chi connectivity index (χ4v) is 2.81. The molecule has 4 nitrogen and oxygen atoms in total. The lowest BCUT2D eigenvalue weighted by Crippen LogP contribution is -2.46. The first-order valence-corrected chi connectivity index (χ1v) is 7.44. The zero-order chi connectivity index (χ0) is 15.2. The monoisotopic (exact) mass is 289 g/mol. The lowest BCUT2D eigenvalue weighted by atomic mass is 9.89. The molecule has 21 heavy (non-hydrogen) atoms. The summed E-state index contributed by atoms with van der Waals surface area (Å²) in [4.78, 5) is 12.5. The van der Waals surface area contributed by atoms with Gasteiger partial charge in [0.05, 0.1) is 18.1 Å². The average molecular weight is 289 g/mol. The second-order valence-corrected chi connectivity index (χ2v) is 5.64. The Morgan fingerprint density at radius 2 is 2.00 bits per heavy atom. The number of nitrogens with one attached hydrogen (secondary N) is 1. The molecule has 0 aliphatic heterocycles. The Balaban J connectivity index is 2.01. The fourth-order valence-electron chi connectivity index (χ4n) is 2.81. The number of carbonyl (C=O) groups excluding carboxylic acids is 1. The highest BCUT2D eigenvalue weighted by Gasteiger charge is 2.30. The third-order valence-corrected chi connectivity index (χ3v) is 4.05. The van der Waals surface area contributed by atoms with Crippen LogP contribution in [-0.4, -0.2) is 34.4 Å². The Bertz CT molecular complexity index is 474. The molecule has 0 aromatic heterocycles. The minimum Gasteiger partial charge on any atom is -0.390 e. The maximum atomic E-state index is 12.5. The maximum absolute atomic E-state index is 12.5. The standard InChI is InChI=1S/C17H23NO3/c1-2-6-14(12-7-4-3-5-8-12)17(21)18-13-9-10-15(19)16(20)11-13/h2-5,7-8,13-16,19-20H,1,6,9-11H2,(H,18,21)/t13?,14?,15-,16+/m1/s1. The molecule has 114 valence electrons. The largest absolute Gasteiger partial charge is 0.390 e. The van der Waals surface area contributed by atoms with Crippen LogP contribution in [0.1, 0.15) is 37.2 Å². The molecule has 1 saturated carbocycles. The van der Waals surface area contributed by atoms with Crippen molar-refractivity contribution in [2.24, 2.45) is 0 Å². The summed E-state index contributed by atoms with van der Waals surface area (Å²) in [5.74, 6) is -0.303. The molecule has 4 heteroatoms. The van der Waals surface area contributed by atoms with E-state index in [0.29, 0.717) is 25.7 Å². The smallest absolute Gasteiger partial charge is 0.228 e. The fraction of sp³-hybridized carbons (Fsp3) is 0.471. The first-order valence-electron chi connectivity index (χ1n) is 7.44. The molecular weight excluding hydrogens is 266 g/mol. The van der Waals surface area contributed by atoms with Gasteiger partial charge in [-0.15, -0.1) is 6.58 Å². The summed E-state index contributed by atoms with van der Waals surface area (Å²) in [6, 6.07) is 9.55. The van der Waals surface area contributed by atoms with Gasteiger partial charge in [0.2, 0.25) is 5.91 Å². The number of hydrogen-bond acceptors (Lipinski definition) is 3. The van der Waals surface area contributed by atoms with Gasteiger partial charge in [-0.1, -0.05) is 36.4 Å². The molecule has 2 rings (SSSR count). The van der Waals surface area contributed by atoms with Crippen molar-refractivity contribution in [1.82, 2.24) is 5.32 Å². The average Bonchev–Trinajstić information content (AvgIpc) is 2.49. The van der Waals surface area contributed by atoms with Crippen molar-refractivity contribution >= 4 is 5.91 Å². The van der Waals surface area contributed by atoms with E-state index in [0.717, 1.165) is 5.56 Å². The molecule has 0 saturated heterocycles. The zero-order valence-corrected chi connectivity index (χ0v) is 12.1. The highest BCUT2D eigenvalue weighted by molar-refractivity contribution is 5.84. The van der Waals surface area contributed by atoms with Crippen LogP contribution in [-0.2, 0) is 4.79 Å². The number of amides is 1. The van der Waals surface area contributed by atoms with Gasteiger partial charge in [-0.25, -0.2) is 0 Å².